The van der Waals surface area contributed by atoms with Gasteiger partial charge in [-0.1, -0.05) is 5.16 Å². The topological polar surface area (TPSA) is 51.0 Å². The molecule has 0 saturated carbocycles. The lowest BCUT2D eigenvalue weighted by Gasteiger charge is -2.19. The van der Waals surface area contributed by atoms with Crippen molar-refractivity contribution in [2.24, 2.45) is 5.92 Å². The highest BCUT2D eigenvalue weighted by Gasteiger charge is 2.23. The summed E-state index contributed by atoms with van der Waals surface area (Å²) in [6.07, 6.45) is 4.76. The predicted octanol–water partition coefficient (Wildman–Crippen LogP) is 1.83. The number of nitrogens with one attached hydrogen (secondary N) is 1. The zero-order chi connectivity index (χ0) is 11.5. The van der Waals surface area contributed by atoms with Gasteiger partial charge in [0.15, 0.2) is 5.82 Å². The van der Waals surface area contributed by atoms with Crippen LogP contribution in [0.4, 0.5) is 0 Å². The summed E-state index contributed by atoms with van der Waals surface area (Å²) >= 11 is 2.05. The summed E-state index contributed by atoms with van der Waals surface area (Å²) in [7, 11) is 0. The number of nitrogens with zero attached hydrogens (tertiary/aromatic N) is 2. The van der Waals surface area contributed by atoms with E-state index in [1.165, 1.54) is 24.3 Å². The molecule has 1 N–H and O–H groups in total. The molecular weight excluding hydrogens is 234 g/mol. The van der Waals surface area contributed by atoms with E-state index in [4.69, 9.17) is 4.52 Å². The van der Waals surface area contributed by atoms with Crippen LogP contribution in [0.15, 0.2) is 4.52 Å². The molecule has 0 aromatic carbocycles. The van der Waals surface area contributed by atoms with Gasteiger partial charge >= 0.3 is 0 Å². The standard InChI is InChI=1S/C12H19N3OS/c1-2-9(8-17-5-1)6-11-14-12(15-16-11)10-3-4-13-7-10/h9-10,13H,1-8H2. The molecule has 2 atom stereocenters. The van der Waals surface area contributed by atoms with E-state index in [9.17, 15) is 0 Å². The summed E-state index contributed by atoms with van der Waals surface area (Å²) in [5.74, 6) is 5.53. The molecule has 3 heterocycles. The molecule has 0 bridgehead atoms. The molecular formula is C12H19N3OS. The third-order valence-corrected chi connectivity index (χ3v) is 4.91. The summed E-state index contributed by atoms with van der Waals surface area (Å²) < 4.78 is 5.38. The first-order chi connectivity index (χ1) is 8.42. The molecule has 5 heteroatoms. The van der Waals surface area contributed by atoms with Gasteiger partial charge in [-0.3, -0.25) is 0 Å². The molecule has 0 aliphatic carbocycles. The molecule has 2 aliphatic heterocycles. The van der Waals surface area contributed by atoms with Crippen LogP contribution in [-0.2, 0) is 6.42 Å². The third-order valence-electron chi connectivity index (χ3n) is 3.63. The van der Waals surface area contributed by atoms with Gasteiger partial charge in [0.05, 0.1) is 0 Å². The average molecular weight is 253 g/mol. The zero-order valence-electron chi connectivity index (χ0n) is 10.0. The van der Waals surface area contributed by atoms with Crippen molar-refractivity contribution in [1.29, 1.82) is 0 Å². The molecule has 2 aliphatic rings. The summed E-state index contributed by atoms with van der Waals surface area (Å²) in [4.78, 5) is 4.56. The maximum Gasteiger partial charge on any atom is 0.226 e. The van der Waals surface area contributed by atoms with E-state index in [0.29, 0.717) is 5.92 Å². The summed E-state index contributed by atoms with van der Waals surface area (Å²) in [5, 5.41) is 7.47. The minimum atomic E-state index is 0.466. The predicted molar refractivity (Wildman–Crippen MR) is 68.3 cm³/mol. The molecule has 1 aromatic rings. The number of aromatic nitrogens is 2. The second-order valence-corrected chi connectivity index (χ2v) is 6.17. The Kier molecular flexibility index (Phi) is 3.66. The largest absolute Gasteiger partial charge is 0.339 e. The molecule has 0 amide bonds. The average Bonchev–Trinajstić information content (AvgIpc) is 3.00. The highest BCUT2D eigenvalue weighted by atomic mass is 32.2. The van der Waals surface area contributed by atoms with Crippen LogP contribution in [0.1, 0.15) is 36.9 Å². The molecule has 0 spiro atoms. The van der Waals surface area contributed by atoms with Crippen molar-refractivity contribution < 1.29 is 4.52 Å². The van der Waals surface area contributed by atoms with Crippen molar-refractivity contribution >= 4 is 11.8 Å². The molecule has 94 valence electrons. The second-order valence-electron chi connectivity index (χ2n) is 5.02. The van der Waals surface area contributed by atoms with Gasteiger partial charge in [-0.15, -0.1) is 0 Å². The minimum absolute atomic E-state index is 0.466. The Hall–Kier alpha value is -0.550. The van der Waals surface area contributed by atoms with E-state index in [-0.39, 0.29) is 0 Å². The van der Waals surface area contributed by atoms with Crippen LogP contribution in [-0.4, -0.2) is 34.7 Å². The van der Waals surface area contributed by atoms with Gasteiger partial charge in [0.25, 0.3) is 0 Å². The van der Waals surface area contributed by atoms with Gasteiger partial charge in [-0.05, 0) is 43.2 Å². The van der Waals surface area contributed by atoms with Gasteiger partial charge in [0.1, 0.15) is 0 Å². The fourth-order valence-corrected chi connectivity index (χ4v) is 3.76. The molecule has 2 unspecified atom stereocenters. The van der Waals surface area contributed by atoms with E-state index in [2.05, 4.69) is 27.2 Å². The Morgan fingerprint density at radius 1 is 1.41 bits per heavy atom. The first-order valence-electron chi connectivity index (χ1n) is 6.53. The monoisotopic (exact) mass is 253 g/mol. The minimum Gasteiger partial charge on any atom is -0.339 e. The van der Waals surface area contributed by atoms with Gasteiger partial charge < -0.3 is 9.84 Å². The molecule has 1 aromatic heterocycles. The fraction of sp³-hybridized carbons (Fsp3) is 0.833. The summed E-state index contributed by atoms with van der Waals surface area (Å²) in [6, 6.07) is 0. The molecule has 3 rings (SSSR count). The van der Waals surface area contributed by atoms with Crippen LogP contribution in [0.2, 0.25) is 0 Å². The highest BCUT2D eigenvalue weighted by molar-refractivity contribution is 7.99. The van der Waals surface area contributed by atoms with Crippen LogP contribution < -0.4 is 5.32 Å². The lowest BCUT2D eigenvalue weighted by atomic mass is 10.0. The van der Waals surface area contributed by atoms with Crippen LogP contribution in [0.3, 0.4) is 0 Å². The van der Waals surface area contributed by atoms with E-state index >= 15 is 0 Å². The Bertz CT molecular complexity index is 356. The summed E-state index contributed by atoms with van der Waals surface area (Å²) in [5.41, 5.74) is 0. The van der Waals surface area contributed by atoms with Gasteiger partial charge in [-0.25, -0.2) is 0 Å². The number of hydrogen-bond acceptors (Lipinski definition) is 5. The van der Waals surface area contributed by atoms with E-state index < -0.39 is 0 Å². The van der Waals surface area contributed by atoms with Crippen LogP contribution in [0, 0.1) is 5.92 Å². The first-order valence-corrected chi connectivity index (χ1v) is 7.68. The Labute approximate surface area is 106 Å². The van der Waals surface area contributed by atoms with E-state index in [0.717, 1.165) is 43.6 Å². The maximum atomic E-state index is 5.38. The van der Waals surface area contributed by atoms with Crippen molar-refractivity contribution in [2.75, 3.05) is 24.6 Å². The van der Waals surface area contributed by atoms with Crippen molar-refractivity contribution in [2.45, 2.75) is 31.6 Å². The number of hydrogen-bond donors (Lipinski definition) is 1. The van der Waals surface area contributed by atoms with Crippen LogP contribution >= 0.6 is 11.8 Å². The Morgan fingerprint density at radius 3 is 3.18 bits per heavy atom. The van der Waals surface area contributed by atoms with Crippen molar-refractivity contribution in [1.82, 2.24) is 15.5 Å². The third kappa shape index (κ3) is 2.83. The summed E-state index contributed by atoms with van der Waals surface area (Å²) in [6.45, 7) is 2.08. The number of rotatable bonds is 3. The second kappa shape index (κ2) is 5.40. The van der Waals surface area contributed by atoms with Gasteiger partial charge in [0.2, 0.25) is 5.89 Å². The highest BCUT2D eigenvalue weighted by Crippen LogP contribution is 2.26. The molecule has 4 nitrogen and oxygen atoms in total. The number of thioether (sulfide) groups is 1. The molecule has 0 radical (unpaired) electrons. The molecule has 17 heavy (non-hydrogen) atoms. The van der Waals surface area contributed by atoms with Crippen LogP contribution in [0.25, 0.3) is 0 Å². The van der Waals surface area contributed by atoms with Gasteiger partial charge in [-0.2, -0.15) is 16.7 Å². The zero-order valence-corrected chi connectivity index (χ0v) is 10.8. The van der Waals surface area contributed by atoms with Crippen molar-refractivity contribution in [3.8, 4) is 0 Å². The van der Waals surface area contributed by atoms with Crippen molar-refractivity contribution in [3.63, 3.8) is 0 Å². The van der Waals surface area contributed by atoms with E-state index in [1.807, 2.05) is 0 Å². The SMILES string of the molecule is C1CSCC(Cc2nc(C3CCNC3)no2)C1. The van der Waals surface area contributed by atoms with Crippen LogP contribution in [0.5, 0.6) is 0 Å². The molecule has 2 saturated heterocycles. The molecule has 2 fully saturated rings. The fourth-order valence-electron chi connectivity index (χ4n) is 2.61. The Morgan fingerprint density at radius 2 is 2.41 bits per heavy atom. The smallest absolute Gasteiger partial charge is 0.226 e. The lowest BCUT2D eigenvalue weighted by Crippen LogP contribution is -2.13. The first kappa shape index (κ1) is 11.5. The normalized spacial score (nSPS) is 29.6. The Balaban J connectivity index is 1.59. The van der Waals surface area contributed by atoms with Crippen molar-refractivity contribution in [3.05, 3.63) is 11.7 Å². The lowest BCUT2D eigenvalue weighted by molar-refractivity contribution is 0.347. The van der Waals surface area contributed by atoms with Gasteiger partial charge in [0, 0.05) is 18.9 Å². The van der Waals surface area contributed by atoms with E-state index in [1.54, 1.807) is 0 Å². The quantitative estimate of drug-likeness (QED) is 0.890. The maximum absolute atomic E-state index is 5.38.